The highest BCUT2D eigenvalue weighted by molar-refractivity contribution is 6.04. The summed E-state index contributed by atoms with van der Waals surface area (Å²) in [5.74, 6) is 1.29. The normalized spacial score (nSPS) is 18.1. The number of likely N-dealkylation sites (N-methyl/N-ethyl adjacent to an activating group) is 1. The number of hydrogen-bond acceptors (Lipinski definition) is 4. The van der Waals surface area contributed by atoms with Crippen molar-refractivity contribution in [2.45, 2.75) is 19.4 Å². The lowest BCUT2D eigenvalue weighted by Crippen LogP contribution is -2.45. The van der Waals surface area contributed by atoms with E-state index in [0.717, 1.165) is 17.8 Å². The third kappa shape index (κ3) is 1.85. The van der Waals surface area contributed by atoms with E-state index in [0.29, 0.717) is 11.5 Å². The predicted molar refractivity (Wildman–Crippen MR) is 70.7 cm³/mol. The number of anilines is 2. The molecule has 1 atom stereocenters. The minimum absolute atomic E-state index is 0.0136. The number of rotatable bonds is 3. The molecule has 0 saturated heterocycles. The van der Waals surface area contributed by atoms with E-state index in [1.807, 2.05) is 24.9 Å². The Balaban J connectivity index is 2.50. The predicted octanol–water partition coefficient (Wildman–Crippen LogP) is 1.87. The van der Waals surface area contributed by atoms with Crippen molar-refractivity contribution in [2.24, 2.45) is 0 Å². The van der Waals surface area contributed by atoms with Gasteiger partial charge in [-0.25, -0.2) is 0 Å². The van der Waals surface area contributed by atoms with Crippen LogP contribution in [0.3, 0.4) is 0 Å². The molecule has 98 valence electrons. The third-order valence-electron chi connectivity index (χ3n) is 3.30. The van der Waals surface area contributed by atoms with E-state index < -0.39 is 0 Å². The molecular weight excluding hydrogens is 232 g/mol. The van der Waals surface area contributed by atoms with Crippen LogP contribution in [-0.4, -0.2) is 33.2 Å². The fourth-order valence-corrected chi connectivity index (χ4v) is 2.28. The van der Waals surface area contributed by atoms with Crippen molar-refractivity contribution in [1.82, 2.24) is 0 Å². The van der Waals surface area contributed by atoms with Gasteiger partial charge in [-0.2, -0.15) is 0 Å². The Morgan fingerprint density at radius 1 is 1.28 bits per heavy atom. The molecule has 1 aliphatic heterocycles. The second-order valence-electron chi connectivity index (χ2n) is 4.25. The van der Waals surface area contributed by atoms with E-state index in [1.165, 1.54) is 0 Å². The van der Waals surface area contributed by atoms with Gasteiger partial charge in [0.1, 0.15) is 6.04 Å². The monoisotopic (exact) mass is 250 g/mol. The second kappa shape index (κ2) is 4.76. The Bertz CT molecular complexity index is 474. The topological polar surface area (TPSA) is 50.8 Å². The van der Waals surface area contributed by atoms with E-state index in [9.17, 15) is 4.79 Å². The number of carbonyl (C=O) groups excluding carboxylic acids is 1. The molecule has 0 saturated carbocycles. The summed E-state index contributed by atoms with van der Waals surface area (Å²) in [6.07, 6.45) is 0.760. The Hall–Kier alpha value is -1.91. The van der Waals surface area contributed by atoms with Gasteiger partial charge in [-0.15, -0.1) is 0 Å². The largest absolute Gasteiger partial charge is 0.493 e. The Morgan fingerprint density at radius 3 is 2.44 bits per heavy atom. The molecule has 2 rings (SSSR count). The first-order chi connectivity index (χ1) is 8.62. The van der Waals surface area contributed by atoms with Gasteiger partial charge in [0, 0.05) is 19.2 Å². The number of amides is 1. The van der Waals surface area contributed by atoms with Gasteiger partial charge in [0.05, 0.1) is 25.6 Å². The quantitative estimate of drug-likeness (QED) is 0.889. The standard InChI is InChI=1S/C13H18N2O3/c1-5-9-13(16)14-8-6-11(17-3)12(18-4)7-10(8)15(9)2/h6-7,9H,5H2,1-4H3,(H,14,16). The van der Waals surface area contributed by atoms with Gasteiger partial charge in [-0.05, 0) is 6.42 Å². The van der Waals surface area contributed by atoms with Gasteiger partial charge in [0.15, 0.2) is 11.5 Å². The summed E-state index contributed by atoms with van der Waals surface area (Å²) >= 11 is 0. The van der Waals surface area contributed by atoms with Crippen molar-refractivity contribution in [3.8, 4) is 11.5 Å². The minimum Gasteiger partial charge on any atom is -0.493 e. The summed E-state index contributed by atoms with van der Waals surface area (Å²) in [5.41, 5.74) is 1.70. The number of nitrogens with one attached hydrogen (secondary N) is 1. The highest BCUT2D eigenvalue weighted by Gasteiger charge is 2.30. The van der Waals surface area contributed by atoms with Crippen LogP contribution < -0.4 is 19.7 Å². The number of nitrogens with zero attached hydrogens (tertiary/aromatic N) is 1. The van der Waals surface area contributed by atoms with Gasteiger partial charge < -0.3 is 19.7 Å². The van der Waals surface area contributed by atoms with Crippen LogP contribution >= 0.6 is 0 Å². The summed E-state index contributed by atoms with van der Waals surface area (Å²) in [6.45, 7) is 1.99. The molecule has 0 fully saturated rings. The molecule has 0 bridgehead atoms. The third-order valence-corrected chi connectivity index (χ3v) is 3.30. The summed E-state index contributed by atoms with van der Waals surface area (Å²) in [6, 6.07) is 3.53. The van der Waals surface area contributed by atoms with Crippen LogP contribution in [0.2, 0.25) is 0 Å². The lowest BCUT2D eigenvalue weighted by atomic mass is 10.1. The average molecular weight is 250 g/mol. The van der Waals surface area contributed by atoms with Crippen LogP contribution in [-0.2, 0) is 4.79 Å². The first-order valence-corrected chi connectivity index (χ1v) is 5.92. The first-order valence-electron chi connectivity index (χ1n) is 5.92. The molecule has 5 nitrogen and oxygen atoms in total. The number of carbonyl (C=O) groups is 1. The van der Waals surface area contributed by atoms with Crippen LogP contribution in [0.15, 0.2) is 12.1 Å². The summed E-state index contributed by atoms with van der Waals surface area (Å²) in [7, 11) is 5.09. The summed E-state index contributed by atoms with van der Waals surface area (Å²) < 4.78 is 10.5. The molecule has 1 amide bonds. The zero-order chi connectivity index (χ0) is 13.3. The highest BCUT2D eigenvalue weighted by atomic mass is 16.5. The van der Waals surface area contributed by atoms with Crippen LogP contribution in [0.5, 0.6) is 11.5 Å². The Labute approximate surface area is 107 Å². The van der Waals surface area contributed by atoms with E-state index in [4.69, 9.17) is 9.47 Å². The Kier molecular flexibility index (Phi) is 3.32. The van der Waals surface area contributed by atoms with Gasteiger partial charge in [0.2, 0.25) is 5.91 Å². The molecule has 0 radical (unpaired) electrons. The smallest absolute Gasteiger partial charge is 0.247 e. The van der Waals surface area contributed by atoms with Crippen molar-refractivity contribution >= 4 is 17.3 Å². The van der Waals surface area contributed by atoms with Crippen molar-refractivity contribution in [1.29, 1.82) is 0 Å². The van der Waals surface area contributed by atoms with Crippen LogP contribution in [0.4, 0.5) is 11.4 Å². The molecular formula is C13H18N2O3. The second-order valence-corrected chi connectivity index (χ2v) is 4.25. The fraction of sp³-hybridized carbons (Fsp3) is 0.462. The molecule has 1 heterocycles. The van der Waals surface area contributed by atoms with Crippen molar-refractivity contribution in [2.75, 3.05) is 31.5 Å². The summed E-state index contributed by atoms with van der Waals surface area (Å²) in [4.78, 5) is 13.9. The molecule has 18 heavy (non-hydrogen) atoms. The highest BCUT2D eigenvalue weighted by Crippen LogP contribution is 2.40. The number of ether oxygens (including phenoxy) is 2. The first kappa shape index (κ1) is 12.5. The maximum atomic E-state index is 11.9. The van der Waals surface area contributed by atoms with Gasteiger partial charge >= 0.3 is 0 Å². The zero-order valence-electron chi connectivity index (χ0n) is 11.1. The molecule has 1 aromatic rings. The van der Waals surface area contributed by atoms with E-state index in [-0.39, 0.29) is 11.9 Å². The maximum absolute atomic E-state index is 11.9. The zero-order valence-corrected chi connectivity index (χ0v) is 11.1. The summed E-state index contributed by atoms with van der Waals surface area (Å²) in [5, 5.41) is 2.90. The van der Waals surface area contributed by atoms with E-state index in [1.54, 1.807) is 20.3 Å². The lowest BCUT2D eigenvalue weighted by Gasteiger charge is -2.35. The minimum atomic E-state index is -0.143. The SMILES string of the molecule is CCC1C(=O)Nc2cc(OC)c(OC)cc2N1C. The van der Waals surface area contributed by atoms with Gasteiger partial charge in [0.25, 0.3) is 0 Å². The molecule has 5 heteroatoms. The lowest BCUT2D eigenvalue weighted by molar-refractivity contribution is -0.117. The van der Waals surface area contributed by atoms with Crippen molar-refractivity contribution < 1.29 is 14.3 Å². The molecule has 0 spiro atoms. The fourth-order valence-electron chi connectivity index (χ4n) is 2.28. The van der Waals surface area contributed by atoms with Gasteiger partial charge in [-0.3, -0.25) is 4.79 Å². The number of hydrogen-bond donors (Lipinski definition) is 1. The van der Waals surface area contributed by atoms with Gasteiger partial charge in [-0.1, -0.05) is 6.92 Å². The number of fused-ring (bicyclic) bond motifs is 1. The molecule has 1 unspecified atom stereocenters. The molecule has 1 N–H and O–H groups in total. The van der Waals surface area contributed by atoms with Crippen molar-refractivity contribution in [3.63, 3.8) is 0 Å². The maximum Gasteiger partial charge on any atom is 0.247 e. The number of benzene rings is 1. The Morgan fingerprint density at radius 2 is 1.89 bits per heavy atom. The van der Waals surface area contributed by atoms with Crippen molar-refractivity contribution in [3.05, 3.63) is 12.1 Å². The average Bonchev–Trinajstić information content (AvgIpc) is 2.37. The van der Waals surface area contributed by atoms with E-state index in [2.05, 4.69) is 5.32 Å². The molecule has 1 aliphatic rings. The number of methoxy groups -OCH3 is 2. The molecule has 0 aliphatic carbocycles. The molecule has 1 aromatic carbocycles. The van der Waals surface area contributed by atoms with Crippen LogP contribution in [0.1, 0.15) is 13.3 Å². The molecule has 0 aromatic heterocycles. The van der Waals surface area contributed by atoms with Crippen LogP contribution in [0.25, 0.3) is 0 Å². The van der Waals surface area contributed by atoms with Crippen LogP contribution in [0, 0.1) is 0 Å². The van der Waals surface area contributed by atoms with E-state index >= 15 is 0 Å².